The molecule has 0 saturated carbocycles. The lowest BCUT2D eigenvalue weighted by atomic mass is 10.1. The first kappa shape index (κ1) is 15.7. The number of ether oxygens (including phenoxy) is 1. The largest absolute Gasteiger partial charge is 0.451 e. The zero-order valence-corrected chi connectivity index (χ0v) is 13.7. The van der Waals surface area contributed by atoms with E-state index < -0.39 is 12.1 Å². The number of carbonyl (C=O) groups excluding carboxylic acids is 2. The number of hydrogen-bond donors (Lipinski definition) is 0. The maximum absolute atomic E-state index is 12.1. The molecule has 1 atom stereocenters. The molecule has 0 aliphatic heterocycles. The minimum absolute atomic E-state index is 0.222. The number of rotatable bonds is 5. The van der Waals surface area contributed by atoms with Crippen LogP contribution in [-0.2, 0) is 9.53 Å². The van der Waals surface area contributed by atoms with Crippen LogP contribution < -0.4 is 0 Å². The van der Waals surface area contributed by atoms with Gasteiger partial charge < -0.3 is 4.74 Å². The first-order valence-electron chi connectivity index (χ1n) is 6.28. The molecule has 0 N–H and O–H groups in total. The Balaban J connectivity index is 1.94. The molecule has 5 heteroatoms. The SMILES string of the molecule is C[C@@H](OC(=O)/C=C/c1cccs1)C(=O)c1ccc(Br)cc1. The van der Waals surface area contributed by atoms with Gasteiger partial charge in [-0.05, 0) is 36.6 Å². The highest BCUT2D eigenvalue weighted by atomic mass is 79.9. The molecule has 0 aliphatic carbocycles. The smallest absolute Gasteiger partial charge is 0.331 e. The zero-order chi connectivity index (χ0) is 15.2. The summed E-state index contributed by atoms with van der Waals surface area (Å²) < 4.78 is 6.00. The summed E-state index contributed by atoms with van der Waals surface area (Å²) in [5.41, 5.74) is 0.515. The predicted octanol–water partition coefficient (Wildman–Crippen LogP) is 4.34. The van der Waals surface area contributed by atoms with Crippen LogP contribution in [0.1, 0.15) is 22.2 Å². The van der Waals surface area contributed by atoms with E-state index in [1.54, 1.807) is 37.3 Å². The lowest BCUT2D eigenvalue weighted by Gasteiger charge is -2.10. The van der Waals surface area contributed by atoms with Gasteiger partial charge in [0.25, 0.3) is 0 Å². The molecule has 0 fully saturated rings. The second kappa shape index (κ2) is 7.33. The molecule has 0 radical (unpaired) electrons. The average Bonchev–Trinajstić information content (AvgIpc) is 2.98. The van der Waals surface area contributed by atoms with Crippen LogP contribution in [0, 0.1) is 0 Å². The molecular formula is C16H13BrO3S. The van der Waals surface area contributed by atoms with Gasteiger partial charge in [0.05, 0.1) is 0 Å². The molecule has 2 rings (SSSR count). The molecule has 0 unspecified atom stereocenters. The van der Waals surface area contributed by atoms with Crippen LogP contribution in [0.15, 0.2) is 52.3 Å². The summed E-state index contributed by atoms with van der Waals surface area (Å²) in [5, 5.41) is 1.92. The van der Waals surface area contributed by atoms with Crippen LogP contribution >= 0.6 is 27.3 Å². The van der Waals surface area contributed by atoms with Crippen LogP contribution in [0.5, 0.6) is 0 Å². The standard InChI is InChI=1S/C16H13BrO3S/c1-11(16(19)12-4-6-13(17)7-5-12)20-15(18)9-8-14-3-2-10-21-14/h2-11H,1H3/b9-8+/t11-/m1/s1. The summed E-state index contributed by atoms with van der Waals surface area (Å²) in [7, 11) is 0. The maximum Gasteiger partial charge on any atom is 0.331 e. The molecule has 1 heterocycles. The number of benzene rings is 1. The van der Waals surface area contributed by atoms with Crippen molar-refractivity contribution < 1.29 is 14.3 Å². The molecule has 2 aromatic rings. The molecule has 1 aromatic carbocycles. The number of thiophene rings is 1. The van der Waals surface area contributed by atoms with Gasteiger partial charge in [0.15, 0.2) is 6.10 Å². The van der Waals surface area contributed by atoms with E-state index in [0.717, 1.165) is 9.35 Å². The number of esters is 1. The van der Waals surface area contributed by atoms with Crippen molar-refractivity contribution >= 4 is 45.1 Å². The Morgan fingerprint density at radius 1 is 1.24 bits per heavy atom. The topological polar surface area (TPSA) is 43.4 Å². The summed E-state index contributed by atoms with van der Waals surface area (Å²) >= 11 is 4.83. The monoisotopic (exact) mass is 364 g/mol. The van der Waals surface area contributed by atoms with Gasteiger partial charge in [0, 0.05) is 21.0 Å². The Bertz CT molecular complexity index is 645. The van der Waals surface area contributed by atoms with Crippen LogP contribution in [0.25, 0.3) is 6.08 Å². The molecule has 108 valence electrons. The van der Waals surface area contributed by atoms with Crippen LogP contribution in [0.4, 0.5) is 0 Å². The van der Waals surface area contributed by atoms with Gasteiger partial charge in [-0.25, -0.2) is 4.79 Å². The predicted molar refractivity (Wildman–Crippen MR) is 87.4 cm³/mol. The third-order valence-electron chi connectivity index (χ3n) is 2.72. The first-order chi connectivity index (χ1) is 10.1. The van der Waals surface area contributed by atoms with E-state index >= 15 is 0 Å². The second-order valence-corrected chi connectivity index (χ2v) is 6.19. The van der Waals surface area contributed by atoms with Crippen molar-refractivity contribution in [2.75, 3.05) is 0 Å². The lowest BCUT2D eigenvalue weighted by Crippen LogP contribution is -2.23. The Kier molecular flexibility index (Phi) is 5.47. The summed E-state index contributed by atoms with van der Waals surface area (Å²) in [6, 6.07) is 10.7. The van der Waals surface area contributed by atoms with Crippen molar-refractivity contribution in [3.63, 3.8) is 0 Å². The van der Waals surface area contributed by atoms with Gasteiger partial charge in [-0.15, -0.1) is 11.3 Å². The summed E-state index contributed by atoms with van der Waals surface area (Å²) in [5.74, 6) is -0.748. The molecule has 0 bridgehead atoms. The Morgan fingerprint density at radius 3 is 2.57 bits per heavy atom. The van der Waals surface area contributed by atoms with Crippen LogP contribution in [0.3, 0.4) is 0 Å². The highest BCUT2D eigenvalue weighted by Gasteiger charge is 2.18. The molecule has 0 saturated heterocycles. The number of halogens is 1. The van der Waals surface area contributed by atoms with E-state index in [-0.39, 0.29) is 5.78 Å². The Morgan fingerprint density at radius 2 is 1.95 bits per heavy atom. The van der Waals surface area contributed by atoms with Crippen LogP contribution in [0.2, 0.25) is 0 Å². The molecule has 0 aliphatic rings. The highest BCUT2D eigenvalue weighted by Crippen LogP contribution is 2.14. The minimum atomic E-state index is -0.813. The first-order valence-corrected chi connectivity index (χ1v) is 7.95. The summed E-state index contributed by atoms with van der Waals surface area (Å²) in [6.45, 7) is 1.57. The van der Waals surface area contributed by atoms with E-state index in [9.17, 15) is 9.59 Å². The summed E-state index contributed by atoms with van der Waals surface area (Å²) in [4.78, 5) is 24.7. The third-order valence-corrected chi connectivity index (χ3v) is 4.08. The number of carbonyl (C=O) groups is 2. The quantitative estimate of drug-likeness (QED) is 0.450. The number of ketones is 1. The zero-order valence-electron chi connectivity index (χ0n) is 11.3. The van der Waals surface area contributed by atoms with E-state index in [1.165, 1.54) is 17.4 Å². The van der Waals surface area contributed by atoms with Gasteiger partial charge in [-0.3, -0.25) is 4.79 Å². The number of hydrogen-bond acceptors (Lipinski definition) is 4. The van der Waals surface area contributed by atoms with Gasteiger partial charge >= 0.3 is 5.97 Å². The van der Waals surface area contributed by atoms with Crippen molar-refractivity contribution in [1.29, 1.82) is 0 Å². The van der Waals surface area contributed by atoms with Gasteiger partial charge in [0.1, 0.15) is 0 Å². The number of Topliss-reactive ketones (excluding diaryl/α,β-unsaturated/α-hetero) is 1. The van der Waals surface area contributed by atoms with Gasteiger partial charge in [-0.2, -0.15) is 0 Å². The minimum Gasteiger partial charge on any atom is -0.451 e. The average molecular weight is 365 g/mol. The van der Waals surface area contributed by atoms with E-state index in [1.807, 2.05) is 17.5 Å². The Hall–Kier alpha value is -1.72. The van der Waals surface area contributed by atoms with Crippen molar-refractivity contribution in [1.82, 2.24) is 0 Å². The molecule has 0 amide bonds. The normalized spacial score (nSPS) is 12.3. The van der Waals surface area contributed by atoms with E-state index in [0.29, 0.717) is 5.56 Å². The fourth-order valence-corrected chi connectivity index (χ4v) is 2.53. The van der Waals surface area contributed by atoms with Crippen LogP contribution in [-0.4, -0.2) is 17.9 Å². The van der Waals surface area contributed by atoms with Crippen molar-refractivity contribution in [3.8, 4) is 0 Å². The molecule has 1 aromatic heterocycles. The van der Waals surface area contributed by atoms with Gasteiger partial charge in [-0.1, -0.05) is 34.1 Å². The lowest BCUT2D eigenvalue weighted by molar-refractivity contribution is -0.140. The highest BCUT2D eigenvalue weighted by molar-refractivity contribution is 9.10. The molecule has 21 heavy (non-hydrogen) atoms. The van der Waals surface area contributed by atoms with E-state index in [4.69, 9.17) is 4.74 Å². The molecule has 3 nitrogen and oxygen atoms in total. The van der Waals surface area contributed by atoms with E-state index in [2.05, 4.69) is 15.9 Å². The van der Waals surface area contributed by atoms with Crippen molar-refractivity contribution in [3.05, 3.63) is 62.8 Å². The van der Waals surface area contributed by atoms with Crippen molar-refractivity contribution in [2.24, 2.45) is 0 Å². The van der Waals surface area contributed by atoms with Gasteiger partial charge in [0.2, 0.25) is 5.78 Å². The fourth-order valence-electron chi connectivity index (χ4n) is 1.65. The Labute approximate surface area is 135 Å². The molecule has 0 spiro atoms. The third kappa shape index (κ3) is 4.65. The fraction of sp³-hybridized carbons (Fsp3) is 0.125. The molecular weight excluding hydrogens is 352 g/mol. The summed E-state index contributed by atoms with van der Waals surface area (Å²) in [6.07, 6.45) is 2.19. The maximum atomic E-state index is 12.1. The van der Waals surface area contributed by atoms with Crippen molar-refractivity contribution in [2.45, 2.75) is 13.0 Å². The second-order valence-electron chi connectivity index (χ2n) is 4.30.